The molecule has 21 heavy (non-hydrogen) atoms. The monoisotopic (exact) mass is 317 g/mol. The van der Waals surface area contributed by atoms with Crippen LogP contribution < -0.4 is 16.2 Å². The van der Waals surface area contributed by atoms with Gasteiger partial charge in [0.15, 0.2) is 0 Å². The lowest BCUT2D eigenvalue weighted by atomic mass is 10.2. The first-order chi connectivity index (χ1) is 9.74. The molecule has 0 unspecified atom stereocenters. The number of nitrogen functional groups attached to an aromatic ring is 1. The Hall–Kier alpha value is -2.17. The molecule has 0 saturated heterocycles. The van der Waals surface area contributed by atoms with Gasteiger partial charge in [-0.1, -0.05) is 0 Å². The van der Waals surface area contributed by atoms with E-state index in [1.54, 1.807) is 0 Å². The Morgan fingerprint density at radius 2 is 2.00 bits per heavy atom. The van der Waals surface area contributed by atoms with Gasteiger partial charge in [0, 0.05) is 6.54 Å². The van der Waals surface area contributed by atoms with Crippen molar-refractivity contribution in [3.63, 3.8) is 0 Å². The number of anilines is 1. The summed E-state index contributed by atoms with van der Waals surface area (Å²) < 4.78 is 30.9. The molecule has 0 bridgehead atoms. The van der Waals surface area contributed by atoms with E-state index in [0.29, 0.717) is 0 Å². The van der Waals surface area contributed by atoms with Crippen LogP contribution in [-0.4, -0.2) is 45.2 Å². The molecule has 1 aromatic rings. The first kappa shape index (κ1) is 16.9. The van der Waals surface area contributed by atoms with Crippen LogP contribution in [0.4, 0.5) is 5.69 Å². The number of ether oxygens (including phenoxy) is 1. The van der Waals surface area contributed by atoms with Crippen LogP contribution in [0.1, 0.15) is 10.4 Å². The van der Waals surface area contributed by atoms with Crippen molar-refractivity contribution < 1.29 is 27.9 Å². The lowest BCUT2D eigenvalue weighted by Crippen LogP contribution is -2.29. The molecule has 0 heterocycles. The molecule has 1 aromatic carbocycles. The van der Waals surface area contributed by atoms with Crippen LogP contribution in [0.5, 0.6) is 0 Å². The van der Waals surface area contributed by atoms with Crippen LogP contribution >= 0.6 is 0 Å². The molecule has 0 spiro atoms. The number of benzene rings is 1. The number of nitrogens with two attached hydrogens (primary N) is 2. The summed E-state index contributed by atoms with van der Waals surface area (Å²) in [5.74, 6) is -1.87. The van der Waals surface area contributed by atoms with E-state index in [0.717, 1.165) is 18.2 Å². The summed E-state index contributed by atoms with van der Waals surface area (Å²) in [7, 11) is -3.90. The quantitative estimate of drug-likeness (QED) is 0.344. The number of carbonyl (C=O) groups excluding carboxylic acids is 1. The molecule has 0 aliphatic rings. The largest absolute Gasteiger partial charge is 0.478 e. The summed E-state index contributed by atoms with van der Waals surface area (Å²) in [4.78, 5) is 20.9. The second-order valence-electron chi connectivity index (χ2n) is 3.97. The summed E-state index contributed by atoms with van der Waals surface area (Å²) in [5, 5.41) is 8.77. The van der Waals surface area contributed by atoms with E-state index >= 15 is 0 Å². The minimum atomic E-state index is -3.90. The predicted octanol–water partition coefficient (Wildman–Crippen LogP) is -1.25. The second-order valence-corrected chi connectivity index (χ2v) is 5.71. The van der Waals surface area contributed by atoms with Crippen molar-refractivity contribution in [3.05, 3.63) is 23.8 Å². The van der Waals surface area contributed by atoms with Crippen LogP contribution in [-0.2, 0) is 19.6 Å². The highest BCUT2D eigenvalue weighted by Gasteiger charge is 2.18. The average molecular weight is 317 g/mol. The number of sulfonamides is 1. The smallest absolute Gasteiger partial charge is 0.335 e. The van der Waals surface area contributed by atoms with Gasteiger partial charge < -0.3 is 21.3 Å². The van der Waals surface area contributed by atoms with Gasteiger partial charge in [0.2, 0.25) is 15.9 Å². The fourth-order valence-corrected chi connectivity index (χ4v) is 2.55. The van der Waals surface area contributed by atoms with Crippen molar-refractivity contribution in [1.29, 1.82) is 0 Å². The predicted molar refractivity (Wildman–Crippen MR) is 73.0 cm³/mol. The van der Waals surface area contributed by atoms with Crippen molar-refractivity contribution in [2.45, 2.75) is 4.90 Å². The molecule has 0 fully saturated rings. The first-order valence-electron chi connectivity index (χ1n) is 5.72. The molecule has 10 heteroatoms. The van der Waals surface area contributed by atoms with Gasteiger partial charge in [0.25, 0.3) is 0 Å². The fraction of sp³-hybridized carbons (Fsp3) is 0.273. The molecule has 0 saturated carbocycles. The molecule has 0 radical (unpaired) electrons. The number of carboxylic acid groups (broad SMARTS) is 1. The topological polar surface area (TPSA) is 162 Å². The molecule has 1 rings (SSSR count). The zero-order chi connectivity index (χ0) is 16.0. The first-order valence-corrected chi connectivity index (χ1v) is 7.21. The van der Waals surface area contributed by atoms with E-state index in [9.17, 15) is 18.0 Å². The van der Waals surface area contributed by atoms with E-state index in [1.165, 1.54) is 0 Å². The number of carbonyl (C=O) groups is 2. The number of aromatic carboxylic acids is 1. The number of primary amides is 1. The Bertz CT molecular complexity index is 643. The summed E-state index contributed by atoms with van der Waals surface area (Å²) >= 11 is 0. The van der Waals surface area contributed by atoms with Crippen molar-refractivity contribution in [3.8, 4) is 0 Å². The van der Waals surface area contributed by atoms with E-state index < -0.39 is 21.9 Å². The van der Waals surface area contributed by atoms with Gasteiger partial charge in [0.05, 0.1) is 17.9 Å². The third-order valence-corrected chi connectivity index (χ3v) is 3.86. The molecule has 0 aliphatic carbocycles. The molecule has 0 atom stereocenters. The summed E-state index contributed by atoms with van der Waals surface area (Å²) in [6, 6.07) is 3.29. The van der Waals surface area contributed by atoms with Gasteiger partial charge in [-0.2, -0.15) is 0 Å². The summed E-state index contributed by atoms with van der Waals surface area (Å²) in [6.07, 6.45) is 0. The van der Waals surface area contributed by atoms with Crippen LogP contribution in [0, 0.1) is 0 Å². The molecular formula is C11H15N3O6S. The Labute approximate surface area is 120 Å². The van der Waals surface area contributed by atoms with Crippen LogP contribution in [0.2, 0.25) is 0 Å². The van der Waals surface area contributed by atoms with Crippen LogP contribution in [0.15, 0.2) is 23.1 Å². The Balaban J connectivity index is 2.70. The molecule has 116 valence electrons. The Morgan fingerprint density at radius 3 is 2.52 bits per heavy atom. The van der Waals surface area contributed by atoms with E-state index in [1.807, 2.05) is 0 Å². The van der Waals surface area contributed by atoms with Crippen molar-refractivity contribution >= 4 is 27.6 Å². The van der Waals surface area contributed by atoms with Crippen molar-refractivity contribution in [1.82, 2.24) is 4.72 Å². The van der Waals surface area contributed by atoms with Crippen molar-refractivity contribution in [2.75, 3.05) is 25.5 Å². The van der Waals surface area contributed by atoms with Crippen LogP contribution in [0.3, 0.4) is 0 Å². The number of nitrogens with one attached hydrogen (secondary N) is 1. The number of rotatable bonds is 8. The third-order valence-electron chi connectivity index (χ3n) is 2.33. The van der Waals surface area contributed by atoms with Crippen LogP contribution in [0.25, 0.3) is 0 Å². The zero-order valence-corrected chi connectivity index (χ0v) is 11.7. The molecular weight excluding hydrogens is 302 g/mol. The highest BCUT2D eigenvalue weighted by atomic mass is 32.2. The van der Waals surface area contributed by atoms with Crippen molar-refractivity contribution in [2.24, 2.45) is 5.73 Å². The van der Waals surface area contributed by atoms with E-state index in [-0.39, 0.29) is 35.9 Å². The normalized spacial score (nSPS) is 11.2. The molecule has 6 N–H and O–H groups in total. The third kappa shape index (κ3) is 5.02. The fourth-order valence-electron chi connectivity index (χ4n) is 1.42. The van der Waals surface area contributed by atoms with Gasteiger partial charge in [0.1, 0.15) is 11.5 Å². The van der Waals surface area contributed by atoms with Gasteiger partial charge in [-0.15, -0.1) is 0 Å². The van der Waals surface area contributed by atoms with E-state index in [2.05, 4.69) is 4.72 Å². The SMILES string of the molecule is NC(=O)COCCNS(=O)(=O)c1ccc(C(=O)O)cc1N. The maximum Gasteiger partial charge on any atom is 0.335 e. The standard InChI is InChI=1S/C11H15N3O6S/c12-8-5-7(11(16)17)1-2-9(8)21(18,19)14-3-4-20-6-10(13)15/h1-2,5,14H,3-4,6,12H2,(H2,13,15)(H,16,17). The van der Waals surface area contributed by atoms with E-state index in [4.69, 9.17) is 21.3 Å². The molecule has 9 nitrogen and oxygen atoms in total. The zero-order valence-electron chi connectivity index (χ0n) is 10.9. The summed E-state index contributed by atoms with van der Waals surface area (Å²) in [6.45, 7) is -0.442. The summed E-state index contributed by atoms with van der Waals surface area (Å²) in [5.41, 5.74) is 10.1. The number of hydrogen-bond acceptors (Lipinski definition) is 6. The molecule has 0 aliphatic heterocycles. The average Bonchev–Trinajstić information content (AvgIpc) is 2.37. The van der Waals surface area contributed by atoms with Gasteiger partial charge in [-0.05, 0) is 18.2 Å². The second kappa shape index (κ2) is 7.02. The van der Waals surface area contributed by atoms with Gasteiger partial charge in [-0.3, -0.25) is 4.79 Å². The lowest BCUT2D eigenvalue weighted by Gasteiger charge is -2.09. The number of carboxylic acids is 1. The highest BCUT2D eigenvalue weighted by molar-refractivity contribution is 7.89. The van der Waals surface area contributed by atoms with Gasteiger partial charge >= 0.3 is 5.97 Å². The minimum absolute atomic E-state index is 0.0463. The number of hydrogen-bond donors (Lipinski definition) is 4. The maximum atomic E-state index is 11.9. The maximum absolute atomic E-state index is 11.9. The lowest BCUT2D eigenvalue weighted by molar-refractivity contribution is -0.122. The molecule has 0 aromatic heterocycles. The number of amides is 1. The van der Waals surface area contributed by atoms with Gasteiger partial charge in [-0.25, -0.2) is 17.9 Å². The Morgan fingerprint density at radius 1 is 1.33 bits per heavy atom. The molecule has 1 amide bonds. The highest BCUT2D eigenvalue weighted by Crippen LogP contribution is 2.19. The Kier molecular flexibility index (Phi) is 5.64. The minimum Gasteiger partial charge on any atom is -0.478 e.